The number of benzene rings is 2. The number of aromatic nitrogens is 1. The minimum atomic E-state index is -5.05. The van der Waals surface area contributed by atoms with Crippen LogP contribution in [0.5, 0.6) is 0 Å². The standard InChI is InChI=1S/C23H23F6N3OS/c1-13-6-7-14(2)19-18(13)30-21(34-19)32(9-5-8-31(3)4)20(33)15-10-16(22(24,25)26)12-17(11-15)23(27,28)29/h6-7,10-12H,5,8-9H2,1-4H3. The number of thiazole rings is 1. The number of carbonyl (C=O) groups excluding carboxylic acids is 1. The second kappa shape index (κ2) is 9.53. The molecule has 1 heterocycles. The normalized spacial score (nSPS) is 12.6. The molecule has 1 amide bonds. The number of nitrogens with zero attached hydrogens (tertiary/aromatic N) is 3. The lowest BCUT2D eigenvalue weighted by Gasteiger charge is -2.22. The number of fused-ring (bicyclic) bond motifs is 1. The van der Waals surface area contributed by atoms with Crippen LogP contribution in [0.1, 0.15) is 39.0 Å². The molecule has 2 aromatic carbocycles. The lowest BCUT2D eigenvalue weighted by atomic mass is 10.0. The average Bonchev–Trinajstić information content (AvgIpc) is 3.18. The van der Waals surface area contributed by atoms with Crippen molar-refractivity contribution in [2.45, 2.75) is 32.6 Å². The quantitative estimate of drug-likeness (QED) is 0.358. The zero-order valence-electron chi connectivity index (χ0n) is 18.9. The van der Waals surface area contributed by atoms with Crippen LogP contribution < -0.4 is 4.90 Å². The predicted molar refractivity (Wildman–Crippen MR) is 120 cm³/mol. The maximum atomic E-state index is 13.4. The topological polar surface area (TPSA) is 36.4 Å². The molecule has 0 unspecified atom stereocenters. The van der Waals surface area contributed by atoms with Crippen molar-refractivity contribution in [3.8, 4) is 0 Å². The molecule has 0 aliphatic rings. The van der Waals surface area contributed by atoms with E-state index in [1.165, 1.54) is 16.2 Å². The number of rotatable bonds is 6. The van der Waals surface area contributed by atoms with E-state index in [0.717, 1.165) is 15.8 Å². The minimum absolute atomic E-state index is 0.0115. The van der Waals surface area contributed by atoms with Crippen molar-refractivity contribution in [1.82, 2.24) is 9.88 Å². The fourth-order valence-electron chi connectivity index (χ4n) is 3.43. The lowest BCUT2D eigenvalue weighted by Crippen LogP contribution is -2.34. The highest BCUT2D eigenvalue weighted by Gasteiger charge is 2.38. The Morgan fingerprint density at radius 3 is 1.97 bits per heavy atom. The van der Waals surface area contributed by atoms with E-state index in [1.54, 1.807) is 0 Å². The Bertz CT molecular complexity index is 1130. The van der Waals surface area contributed by atoms with Crippen LogP contribution in [0, 0.1) is 13.8 Å². The molecule has 0 N–H and O–H groups in total. The Morgan fingerprint density at radius 2 is 1.47 bits per heavy atom. The molecule has 4 nitrogen and oxygen atoms in total. The molecular formula is C23H23F6N3OS. The molecule has 0 aliphatic heterocycles. The maximum Gasteiger partial charge on any atom is 0.416 e. The Morgan fingerprint density at radius 1 is 0.912 bits per heavy atom. The van der Waals surface area contributed by atoms with E-state index in [0.29, 0.717) is 30.6 Å². The highest BCUT2D eigenvalue weighted by atomic mass is 32.1. The van der Waals surface area contributed by atoms with Crippen LogP contribution in [0.3, 0.4) is 0 Å². The fraction of sp³-hybridized carbons (Fsp3) is 0.391. The zero-order chi connectivity index (χ0) is 25.4. The zero-order valence-corrected chi connectivity index (χ0v) is 19.8. The van der Waals surface area contributed by atoms with Gasteiger partial charge in [-0.3, -0.25) is 9.69 Å². The number of carbonyl (C=O) groups is 1. The number of alkyl halides is 6. The third-order valence-corrected chi connectivity index (χ3v) is 6.44. The molecule has 34 heavy (non-hydrogen) atoms. The van der Waals surface area contributed by atoms with Gasteiger partial charge in [0.1, 0.15) is 0 Å². The first kappa shape index (κ1) is 26.0. The Balaban J connectivity index is 2.13. The van der Waals surface area contributed by atoms with Crippen LogP contribution in [0.15, 0.2) is 30.3 Å². The number of amides is 1. The molecule has 0 aliphatic carbocycles. The van der Waals surface area contributed by atoms with Gasteiger partial charge in [0.25, 0.3) is 5.91 Å². The van der Waals surface area contributed by atoms with Crippen molar-refractivity contribution < 1.29 is 31.1 Å². The number of aryl methyl sites for hydroxylation is 2. The summed E-state index contributed by atoms with van der Waals surface area (Å²) in [6.45, 7) is 4.34. The van der Waals surface area contributed by atoms with E-state index >= 15 is 0 Å². The van der Waals surface area contributed by atoms with Crippen molar-refractivity contribution in [3.05, 3.63) is 58.1 Å². The largest absolute Gasteiger partial charge is 0.416 e. The molecule has 0 saturated carbocycles. The number of halogens is 6. The van der Waals surface area contributed by atoms with E-state index in [2.05, 4.69) is 4.98 Å². The van der Waals surface area contributed by atoms with Gasteiger partial charge in [-0.25, -0.2) is 4.98 Å². The smallest absolute Gasteiger partial charge is 0.309 e. The maximum absolute atomic E-state index is 13.4. The second-order valence-corrected chi connectivity index (χ2v) is 9.26. The van der Waals surface area contributed by atoms with Crippen LogP contribution in [0.4, 0.5) is 31.5 Å². The Labute approximate surface area is 196 Å². The minimum Gasteiger partial charge on any atom is -0.309 e. The first-order chi connectivity index (χ1) is 15.7. The Kier molecular flexibility index (Phi) is 7.28. The molecule has 184 valence electrons. The SMILES string of the molecule is Cc1ccc(C)c2sc(N(CCCN(C)C)C(=O)c3cc(C(F)(F)F)cc(C(F)(F)F)c3)nc12. The second-order valence-electron chi connectivity index (χ2n) is 8.28. The molecule has 3 aromatic rings. The van der Waals surface area contributed by atoms with Crippen molar-refractivity contribution in [2.75, 3.05) is 32.1 Å². The summed E-state index contributed by atoms with van der Waals surface area (Å²) < 4.78 is 80.8. The van der Waals surface area contributed by atoms with Gasteiger partial charge in [0.05, 0.1) is 21.3 Å². The van der Waals surface area contributed by atoms with E-state index in [-0.39, 0.29) is 17.7 Å². The van der Waals surface area contributed by atoms with Crippen molar-refractivity contribution in [1.29, 1.82) is 0 Å². The van der Waals surface area contributed by atoms with Crippen molar-refractivity contribution >= 4 is 32.6 Å². The molecule has 0 atom stereocenters. The van der Waals surface area contributed by atoms with Crippen LogP contribution >= 0.6 is 11.3 Å². The van der Waals surface area contributed by atoms with Gasteiger partial charge in [0.2, 0.25) is 0 Å². The molecule has 3 rings (SSSR count). The summed E-state index contributed by atoms with van der Waals surface area (Å²) in [5.41, 5.74) is -1.36. The Hall–Kier alpha value is -2.66. The van der Waals surface area contributed by atoms with Gasteiger partial charge in [-0.2, -0.15) is 26.3 Å². The number of hydrogen-bond donors (Lipinski definition) is 0. The van der Waals surface area contributed by atoms with Crippen LogP contribution in [0.25, 0.3) is 10.2 Å². The van der Waals surface area contributed by atoms with Crippen LogP contribution in [-0.2, 0) is 12.4 Å². The third kappa shape index (κ3) is 5.69. The molecule has 0 saturated heterocycles. The first-order valence-electron chi connectivity index (χ1n) is 10.3. The van der Waals surface area contributed by atoms with Crippen molar-refractivity contribution in [2.24, 2.45) is 0 Å². The molecule has 0 bridgehead atoms. The highest BCUT2D eigenvalue weighted by molar-refractivity contribution is 7.22. The molecular weight excluding hydrogens is 480 g/mol. The predicted octanol–water partition coefficient (Wildman–Crippen LogP) is 6.55. The van der Waals surface area contributed by atoms with Gasteiger partial charge in [0, 0.05) is 12.1 Å². The van der Waals surface area contributed by atoms with Gasteiger partial charge >= 0.3 is 12.4 Å². The average molecular weight is 504 g/mol. The fourth-order valence-corrected chi connectivity index (χ4v) is 4.56. The summed E-state index contributed by atoms with van der Waals surface area (Å²) in [6, 6.07) is 4.68. The first-order valence-corrected chi connectivity index (χ1v) is 11.1. The summed E-state index contributed by atoms with van der Waals surface area (Å²) in [4.78, 5) is 20.9. The van der Waals surface area contributed by atoms with Gasteiger partial charge in [-0.15, -0.1) is 0 Å². The molecule has 11 heteroatoms. The summed E-state index contributed by atoms with van der Waals surface area (Å²) in [6.07, 6.45) is -9.65. The summed E-state index contributed by atoms with van der Waals surface area (Å²) >= 11 is 1.18. The van der Waals surface area contributed by atoms with Crippen LogP contribution in [0.2, 0.25) is 0 Å². The van der Waals surface area contributed by atoms with E-state index in [4.69, 9.17) is 0 Å². The summed E-state index contributed by atoms with van der Waals surface area (Å²) in [7, 11) is 3.64. The van der Waals surface area contributed by atoms with Gasteiger partial charge in [0.15, 0.2) is 5.13 Å². The molecule has 1 aromatic heterocycles. The van der Waals surface area contributed by atoms with Crippen LogP contribution in [-0.4, -0.2) is 43.0 Å². The summed E-state index contributed by atoms with van der Waals surface area (Å²) in [5.74, 6) is -0.968. The van der Waals surface area contributed by atoms with Gasteiger partial charge in [-0.1, -0.05) is 23.5 Å². The molecule has 0 spiro atoms. The lowest BCUT2D eigenvalue weighted by molar-refractivity contribution is -0.143. The van der Waals surface area contributed by atoms with Gasteiger partial charge in [-0.05, 0) is 70.2 Å². The molecule has 0 radical (unpaired) electrons. The summed E-state index contributed by atoms with van der Waals surface area (Å²) in [5, 5.41) is 0.224. The van der Waals surface area contributed by atoms with E-state index in [1.807, 2.05) is 45.0 Å². The van der Waals surface area contributed by atoms with E-state index < -0.39 is 35.0 Å². The molecule has 0 fully saturated rings. The van der Waals surface area contributed by atoms with Gasteiger partial charge < -0.3 is 4.90 Å². The third-order valence-electron chi connectivity index (χ3n) is 5.23. The number of hydrogen-bond acceptors (Lipinski definition) is 4. The van der Waals surface area contributed by atoms with Crippen molar-refractivity contribution in [3.63, 3.8) is 0 Å². The highest BCUT2D eigenvalue weighted by Crippen LogP contribution is 2.38. The van der Waals surface area contributed by atoms with E-state index in [9.17, 15) is 31.1 Å². The number of anilines is 1. The monoisotopic (exact) mass is 503 g/mol.